The van der Waals surface area contributed by atoms with E-state index in [2.05, 4.69) is 20.5 Å². The number of amides is 2. The number of aryl methyl sites for hydroxylation is 1. The molecular formula is C17H23N5O2S. The molecule has 1 aliphatic heterocycles. The number of aromatic amines is 1. The lowest BCUT2D eigenvalue weighted by Crippen LogP contribution is -2.39. The molecular weight excluding hydrogens is 338 g/mol. The van der Waals surface area contributed by atoms with Gasteiger partial charge in [0.2, 0.25) is 5.91 Å². The molecule has 0 aromatic carbocycles. The molecule has 0 radical (unpaired) electrons. The molecule has 2 N–H and O–H groups in total. The highest BCUT2D eigenvalue weighted by Gasteiger charge is 2.29. The molecule has 1 atom stereocenters. The summed E-state index contributed by atoms with van der Waals surface area (Å²) in [5, 5.41) is 12.9. The van der Waals surface area contributed by atoms with Crippen LogP contribution in [0.3, 0.4) is 0 Å². The number of carbonyl (C=O) groups excluding carboxylic acids is 2. The van der Waals surface area contributed by atoms with Gasteiger partial charge in [0, 0.05) is 30.2 Å². The van der Waals surface area contributed by atoms with Crippen molar-refractivity contribution in [3.63, 3.8) is 0 Å². The van der Waals surface area contributed by atoms with Gasteiger partial charge in [-0.15, -0.1) is 11.3 Å². The fourth-order valence-corrected chi connectivity index (χ4v) is 3.51. The summed E-state index contributed by atoms with van der Waals surface area (Å²) in [6, 6.07) is 1.79. The fraction of sp³-hybridized carbons (Fsp3) is 0.529. The average molecular weight is 361 g/mol. The van der Waals surface area contributed by atoms with Gasteiger partial charge in [-0.1, -0.05) is 13.8 Å². The number of hydrogen-bond acceptors (Lipinski definition) is 5. The molecule has 3 rings (SSSR count). The van der Waals surface area contributed by atoms with E-state index in [0.717, 1.165) is 22.8 Å². The summed E-state index contributed by atoms with van der Waals surface area (Å²) in [6.45, 7) is 7.17. The van der Waals surface area contributed by atoms with E-state index in [-0.39, 0.29) is 24.3 Å². The Bertz CT molecular complexity index is 767. The number of carbonyl (C=O) groups is 2. The van der Waals surface area contributed by atoms with Crippen LogP contribution in [0.1, 0.15) is 53.1 Å². The normalized spacial score (nSPS) is 17.3. The zero-order valence-electron chi connectivity index (χ0n) is 14.7. The van der Waals surface area contributed by atoms with Gasteiger partial charge < -0.3 is 10.2 Å². The first-order valence-electron chi connectivity index (χ1n) is 8.47. The van der Waals surface area contributed by atoms with E-state index in [1.807, 2.05) is 32.2 Å². The summed E-state index contributed by atoms with van der Waals surface area (Å²) < 4.78 is 0. The first kappa shape index (κ1) is 17.6. The Balaban J connectivity index is 1.52. The van der Waals surface area contributed by atoms with Gasteiger partial charge in [-0.25, -0.2) is 4.98 Å². The van der Waals surface area contributed by atoms with Crippen molar-refractivity contribution < 1.29 is 9.59 Å². The summed E-state index contributed by atoms with van der Waals surface area (Å²) in [5.74, 6) is 0.163. The molecule has 25 heavy (non-hydrogen) atoms. The van der Waals surface area contributed by atoms with Crippen molar-refractivity contribution in [2.75, 3.05) is 13.1 Å². The minimum atomic E-state index is -0.0879. The lowest BCUT2D eigenvalue weighted by Gasteiger charge is -2.15. The molecule has 2 aromatic rings. The maximum atomic E-state index is 12.5. The van der Waals surface area contributed by atoms with Crippen molar-refractivity contribution in [3.05, 3.63) is 33.5 Å². The van der Waals surface area contributed by atoms with Crippen molar-refractivity contribution in [2.24, 2.45) is 0 Å². The van der Waals surface area contributed by atoms with Gasteiger partial charge in [-0.05, 0) is 25.3 Å². The summed E-state index contributed by atoms with van der Waals surface area (Å²) >= 11 is 1.54. The van der Waals surface area contributed by atoms with Crippen molar-refractivity contribution in [2.45, 2.75) is 45.6 Å². The molecule has 1 unspecified atom stereocenters. The first-order chi connectivity index (χ1) is 11.9. The van der Waals surface area contributed by atoms with Crippen LogP contribution in [-0.4, -0.2) is 51.0 Å². The molecule has 1 fully saturated rings. The van der Waals surface area contributed by atoms with Crippen LogP contribution in [0, 0.1) is 6.92 Å². The van der Waals surface area contributed by atoms with E-state index in [9.17, 15) is 9.59 Å². The van der Waals surface area contributed by atoms with Gasteiger partial charge in [0.25, 0.3) is 5.91 Å². The van der Waals surface area contributed by atoms with Gasteiger partial charge in [-0.3, -0.25) is 14.7 Å². The zero-order valence-corrected chi connectivity index (χ0v) is 15.5. The third-order valence-corrected chi connectivity index (χ3v) is 5.11. The van der Waals surface area contributed by atoms with Gasteiger partial charge in [0.1, 0.15) is 5.69 Å². The number of rotatable bonds is 5. The van der Waals surface area contributed by atoms with E-state index >= 15 is 0 Å². The summed E-state index contributed by atoms with van der Waals surface area (Å²) in [5.41, 5.74) is 2.18. The molecule has 7 nitrogen and oxygen atoms in total. The number of nitrogens with zero attached hydrogens (tertiary/aromatic N) is 3. The van der Waals surface area contributed by atoms with Crippen LogP contribution in [0.25, 0.3) is 0 Å². The Morgan fingerprint density at radius 3 is 2.92 bits per heavy atom. The largest absolute Gasteiger partial charge is 0.351 e. The van der Waals surface area contributed by atoms with Gasteiger partial charge >= 0.3 is 0 Å². The molecule has 0 aliphatic carbocycles. The Hall–Kier alpha value is -2.22. The van der Waals surface area contributed by atoms with E-state index in [1.54, 1.807) is 16.2 Å². The molecule has 8 heteroatoms. The predicted octanol–water partition coefficient (Wildman–Crippen LogP) is 1.87. The molecule has 0 spiro atoms. The topological polar surface area (TPSA) is 91.0 Å². The van der Waals surface area contributed by atoms with E-state index in [1.165, 1.54) is 0 Å². The van der Waals surface area contributed by atoms with E-state index < -0.39 is 0 Å². The third-order valence-electron chi connectivity index (χ3n) is 4.29. The van der Waals surface area contributed by atoms with Crippen molar-refractivity contribution in [3.8, 4) is 0 Å². The Kier molecular flexibility index (Phi) is 5.17. The standard InChI is InChI=1S/C17H23N5O2S/c1-10(2)14-7-15(21-20-14)17(24)22-5-4-12(8-22)19-16(23)6-13-9-25-11(3)18-13/h7,9-10,12H,4-6,8H2,1-3H3,(H,19,23)(H,20,21). The first-order valence-corrected chi connectivity index (χ1v) is 9.35. The number of H-pyrrole nitrogens is 1. The molecule has 0 bridgehead atoms. The van der Waals surface area contributed by atoms with Gasteiger partial charge in [0.15, 0.2) is 0 Å². The fourth-order valence-electron chi connectivity index (χ4n) is 2.90. The highest BCUT2D eigenvalue weighted by atomic mass is 32.1. The van der Waals surface area contributed by atoms with Gasteiger partial charge in [-0.2, -0.15) is 5.10 Å². The van der Waals surface area contributed by atoms with E-state index in [4.69, 9.17) is 0 Å². The quantitative estimate of drug-likeness (QED) is 0.850. The van der Waals surface area contributed by atoms with Gasteiger partial charge in [0.05, 0.1) is 17.1 Å². The molecule has 1 saturated heterocycles. The second-order valence-electron chi connectivity index (χ2n) is 6.70. The second-order valence-corrected chi connectivity index (χ2v) is 7.76. The highest BCUT2D eigenvalue weighted by Crippen LogP contribution is 2.17. The van der Waals surface area contributed by atoms with Crippen LogP contribution in [0.5, 0.6) is 0 Å². The second kappa shape index (κ2) is 7.35. The van der Waals surface area contributed by atoms with Crippen LogP contribution >= 0.6 is 11.3 Å². The summed E-state index contributed by atoms with van der Waals surface area (Å²) in [4.78, 5) is 30.7. The van der Waals surface area contributed by atoms with Crippen molar-refractivity contribution in [1.29, 1.82) is 0 Å². The smallest absolute Gasteiger partial charge is 0.274 e. The zero-order chi connectivity index (χ0) is 18.0. The molecule has 3 heterocycles. The van der Waals surface area contributed by atoms with Crippen LogP contribution in [-0.2, 0) is 11.2 Å². The minimum Gasteiger partial charge on any atom is -0.351 e. The Morgan fingerprint density at radius 2 is 2.28 bits per heavy atom. The SMILES string of the molecule is Cc1nc(CC(=O)NC2CCN(C(=O)c3cc(C(C)C)[nH]n3)C2)cs1. The lowest BCUT2D eigenvalue weighted by atomic mass is 10.1. The predicted molar refractivity (Wildman–Crippen MR) is 95.7 cm³/mol. The molecule has 0 saturated carbocycles. The number of aromatic nitrogens is 3. The van der Waals surface area contributed by atoms with E-state index in [0.29, 0.717) is 24.7 Å². The lowest BCUT2D eigenvalue weighted by molar-refractivity contribution is -0.121. The van der Waals surface area contributed by atoms with Crippen molar-refractivity contribution >= 4 is 23.2 Å². The maximum Gasteiger partial charge on any atom is 0.274 e. The molecule has 2 amide bonds. The van der Waals surface area contributed by atoms with Crippen LogP contribution in [0.15, 0.2) is 11.4 Å². The number of likely N-dealkylation sites (tertiary alicyclic amines) is 1. The Morgan fingerprint density at radius 1 is 1.48 bits per heavy atom. The molecule has 134 valence electrons. The minimum absolute atomic E-state index is 0.0142. The van der Waals surface area contributed by atoms with Crippen LogP contribution in [0.2, 0.25) is 0 Å². The number of thiazole rings is 1. The summed E-state index contributed by atoms with van der Waals surface area (Å²) in [6.07, 6.45) is 1.04. The number of nitrogens with one attached hydrogen (secondary N) is 2. The highest BCUT2D eigenvalue weighted by molar-refractivity contribution is 7.09. The Labute approximate surface area is 150 Å². The summed E-state index contributed by atoms with van der Waals surface area (Å²) in [7, 11) is 0. The maximum absolute atomic E-state index is 12.5. The van der Waals surface area contributed by atoms with Crippen molar-refractivity contribution in [1.82, 2.24) is 25.4 Å². The average Bonchev–Trinajstić information content (AvgIpc) is 3.27. The monoisotopic (exact) mass is 361 g/mol. The molecule has 1 aliphatic rings. The van der Waals surface area contributed by atoms with Crippen LogP contribution < -0.4 is 5.32 Å². The number of hydrogen-bond donors (Lipinski definition) is 2. The molecule has 2 aromatic heterocycles. The van der Waals surface area contributed by atoms with Crippen LogP contribution in [0.4, 0.5) is 0 Å². The third kappa shape index (κ3) is 4.25.